The van der Waals surface area contributed by atoms with Crippen molar-refractivity contribution in [2.45, 2.75) is 25.0 Å². The van der Waals surface area contributed by atoms with Crippen LogP contribution in [0.25, 0.3) is 0 Å². The van der Waals surface area contributed by atoms with Gasteiger partial charge in [0, 0.05) is 6.04 Å². The van der Waals surface area contributed by atoms with Crippen LogP contribution in [0.4, 0.5) is 0 Å². The Kier molecular flexibility index (Phi) is 2.03. The zero-order valence-corrected chi connectivity index (χ0v) is 8.20. The lowest BCUT2D eigenvalue weighted by Gasteiger charge is -2.38. The summed E-state index contributed by atoms with van der Waals surface area (Å²) >= 11 is 0. The first-order valence-electron chi connectivity index (χ1n) is 5.38. The van der Waals surface area contributed by atoms with Crippen molar-refractivity contribution in [3.05, 3.63) is 35.4 Å². The molecule has 1 N–H and O–H groups in total. The Labute approximate surface area is 84.3 Å². The average molecular weight is 189 g/mol. The monoisotopic (exact) mass is 189 g/mol. The molecule has 2 heteroatoms. The molecule has 0 saturated carbocycles. The van der Waals surface area contributed by atoms with E-state index in [-0.39, 0.29) is 0 Å². The molecule has 1 aromatic rings. The third-order valence-corrected chi connectivity index (χ3v) is 3.26. The molecule has 0 bridgehead atoms. The summed E-state index contributed by atoms with van der Waals surface area (Å²) in [7, 11) is 0. The molecule has 0 aromatic heterocycles. The van der Waals surface area contributed by atoms with Gasteiger partial charge >= 0.3 is 0 Å². The molecule has 1 saturated heterocycles. The normalized spacial score (nSPS) is 30.6. The molecule has 2 aliphatic rings. The minimum atomic E-state index is 0.300. The van der Waals surface area contributed by atoms with E-state index in [1.165, 1.54) is 17.5 Å². The number of benzene rings is 1. The number of ether oxygens (including phenoxy) is 1. The molecule has 0 aliphatic carbocycles. The van der Waals surface area contributed by atoms with Crippen LogP contribution in [-0.4, -0.2) is 19.2 Å². The van der Waals surface area contributed by atoms with Crippen LogP contribution in [0.3, 0.4) is 0 Å². The highest BCUT2D eigenvalue weighted by atomic mass is 16.5. The highest BCUT2D eigenvalue weighted by Gasteiger charge is 2.31. The van der Waals surface area contributed by atoms with E-state index in [0.29, 0.717) is 12.1 Å². The molecule has 3 rings (SSSR count). The molecule has 1 aromatic carbocycles. The Bertz CT molecular complexity index is 333. The molecule has 0 unspecified atom stereocenters. The lowest BCUT2D eigenvalue weighted by Crippen LogP contribution is -2.48. The summed E-state index contributed by atoms with van der Waals surface area (Å²) in [6, 6.07) is 9.22. The molecule has 1 fully saturated rings. The van der Waals surface area contributed by atoms with Crippen LogP contribution in [0.5, 0.6) is 0 Å². The summed E-state index contributed by atoms with van der Waals surface area (Å²) in [5, 5.41) is 3.43. The maximum absolute atomic E-state index is 5.85. The quantitative estimate of drug-likeness (QED) is 0.725. The van der Waals surface area contributed by atoms with Crippen molar-refractivity contribution in [1.29, 1.82) is 0 Å². The van der Waals surface area contributed by atoms with Crippen molar-refractivity contribution in [2.75, 3.05) is 13.2 Å². The number of nitrogens with one attached hydrogen (secondary N) is 1. The van der Waals surface area contributed by atoms with E-state index >= 15 is 0 Å². The van der Waals surface area contributed by atoms with Crippen molar-refractivity contribution >= 4 is 0 Å². The van der Waals surface area contributed by atoms with E-state index in [1.54, 1.807) is 0 Å². The summed E-state index contributed by atoms with van der Waals surface area (Å²) in [5.41, 5.74) is 2.87. The van der Waals surface area contributed by atoms with Crippen molar-refractivity contribution in [1.82, 2.24) is 5.32 Å². The minimum absolute atomic E-state index is 0.300. The van der Waals surface area contributed by atoms with Crippen molar-refractivity contribution in [3.8, 4) is 0 Å². The zero-order chi connectivity index (χ0) is 9.38. The Balaban J connectivity index is 1.93. The van der Waals surface area contributed by atoms with Gasteiger partial charge in [-0.15, -0.1) is 0 Å². The molecule has 0 amide bonds. The second-order valence-electron chi connectivity index (χ2n) is 4.09. The summed E-state index contributed by atoms with van der Waals surface area (Å²) in [5.74, 6) is 0. The van der Waals surface area contributed by atoms with E-state index < -0.39 is 0 Å². The fourth-order valence-electron chi connectivity index (χ4n) is 2.33. The fraction of sp³-hybridized carbons (Fsp3) is 0.500. The molecular weight excluding hydrogens is 174 g/mol. The van der Waals surface area contributed by atoms with E-state index in [2.05, 4.69) is 29.6 Å². The van der Waals surface area contributed by atoms with Crippen LogP contribution in [0.15, 0.2) is 24.3 Å². The SMILES string of the molecule is c1ccc2c(c1)CCO[C@H]2[C@@H]1CCN1. The maximum Gasteiger partial charge on any atom is 0.0981 e. The number of rotatable bonds is 1. The molecule has 2 heterocycles. The van der Waals surface area contributed by atoms with Gasteiger partial charge in [0.2, 0.25) is 0 Å². The Morgan fingerprint density at radius 1 is 1.29 bits per heavy atom. The lowest BCUT2D eigenvalue weighted by molar-refractivity contribution is -0.00149. The van der Waals surface area contributed by atoms with Crippen LogP contribution in [-0.2, 0) is 11.2 Å². The number of hydrogen-bond acceptors (Lipinski definition) is 2. The van der Waals surface area contributed by atoms with E-state index in [4.69, 9.17) is 4.74 Å². The van der Waals surface area contributed by atoms with Gasteiger partial charge in [-0.1, -0.05) is 24.3 Å². The Hall–Kier alpha value is -0.860. The highest BCUT2D eigenvalue weighted by molar-refractivity contribution is 5.32. The standard InChI is InChI=1S/C12H15NO/c1-2-4-10-9(3-1)6-8-14-12(10)11-5-7-13-11/h1-4,11-13H,5-8H2/t11-,12+/m0/s1. The zero-order valence-electron chi connectivity index (χ0n) is 8.20. The van der Waals surface area contributed by atoms with E-state index in [9.17, 15) is 0 Å². The number of hydrogen-bond donors (Lipinski definition) is 1. The van der Waals surface area contributed by atoms with Gasteiger partial charge in [-0.2, -0.15) is 0 Å². The third-order valence-electron chi connectivity index (χ3n) is 3.26. The van der Waals surface area contributed by atoms with Gasteiger partial charge in [0.15, 0.2) is 0 Å². The van der Waals surface area contributed by atoms with Crippen LogP contribution < -0.4 is 5.32 Å². The molecule has 2 atom stereocenters. The van der Waals surface area contributed by atoms with Crippen molar-refractivity contribution < 1.29 is 4.74 Å². The van der Waals surface area contributed by atoms with Crippen LogP contribution in [0, 0.1) is 0 Å². The van der Waals surface area contributed by atoms with Gasteiger partial charge in [0.25, 0.3) is 0 Å². The van der Waals surface area contributed by atoms with Gasteiger partial charge in [0.1, 0.15) is 0 Å². The first-order chi connectivity index (χ1) is 6.95. The van der Waals surface area contributed by atoms with Crippen molar-refractivity contribution in [3.63, 3.8) is 0 Å². The van der Waals surface area contributed by atoms with Gasteiger partial charge in [-0.3, -0.25) is 0 Å². The van der Waals surface area contributed by atoms with E-state index in [1.807, 2.05) is 0 Å². The summed E-state index contributed by atoms with van der Waals surface area (Å²) in [6.45, 7) is 2.02. The molecule has 0 spiro atoms. The molecule has 2 aliphatic heterocycles. The maximum atomic E-state index is 5.85. The average Bonchev–Trinajstić information content (AvgIpc) is 2.16. The predicted octanol–water partition coefficient (Wildman–Crippen LogP) is 1.66. The van der Waals surface area contributed by atoms with Crippen LogP contribution in [0.1, 0.15) is 23.7 Å². The highest BCUT2D eigenvalue weighted by Crippen LogP contribution is 2.32. The minimum Gasteiger partial charge on any atom is -0.372 e. The topological polar surface area (TPSA) is 21.3 Å². The largest absolute Gasteiger partial charge is 0.372 e. The first-order valence-corrected chi connectivity index (χ1v) is 5.38. The smallest absolute Gasteiger partial charge is 0.0981 e. The van der Waals surface area contributed by atoms with E-state index in [0.717, 1.165) is 19.6 Å². The fourth-order valence-corrected chi connectivity index (χ4v) is 2.33. The molecular formula is C12H15NO. The van der Waals surface area contributed by atoms with Gasteiger partial charge < -0.3 is 10.1 Å². The summed E-state index contributed by atoms with van der Waals surface area (Å²) in [4.78, 5) is 0. The Morgan fingerprint density at radius 3 is 2.93 bits per heavy atom. The molecule has 74 valence electrons. The predicted molar refractivity (Wildman–Crippen MR) is 55.2 cm³/mol. The van der Waals surface area contributed by atoms with Gasteiger partial charge in [-0.25, -0.2) is 0 Å². The third kappa shape index (κ3) is 1.26. The van der Waals surface area contributed by atoms with Gasteiger partial charge in [-0.05, 0) is 30.5 Å². The molecule has 14 heavy (non-hydrogen) atoms. The first kappa shape index (κ1) is 8.45. The van der Waals surface area contributed by atoms with Crippen LogP contribution >= 0.6 is 0 Å². The summed E-state index contributed by atoms with van der Waals surface area (Å²) in [6.07, 6.45) is 2.62. The lowest BCUT2D eigenvalue weighted by atomic mass is 9.89. The second-order valence-corrected chi connectivity index (χ2v) is 4.09. The Morgan fingerprint density at radius 2 is 2.14 bits per heavy atom. The van der Waals surface area contributed by atoms with Crippen LogP contribution in [0.2, 0.25) is 0 Å². The molecule has 2 nitrogen and oxygen atoms in total. The number of fused-ring (bicyclic) bond motifs is 1. The van der Waals surface area contributed by atoms with Gasteiger partial charge in [0.05, 0.1) is 12.7 Å². The summed E-state index contributed by atoms with van der Waals surface area (Å²) < 4.78 is 5.85. The van der Waals surface area contributed by atoms with Crippen molar-refractivity contribution in [2.24, 2.45) is 0 Å². The molecule has 0 radical (unpaired) electrons. The second kappa shape index (κ2) is 3.37.